The molecule has 21 heteroatoms. The van der Waals surface area contributed by atoms with Crippen LogP contribution in [-0.2, 0) is 68.0 Å². The number of nitrogens with one attached hydrogen (secondary N) is 3. The number of ether oxygens (including phenoxy) is 5. The van der Waals surface area contributed by atoms with Crippen molar-refractivity contribution in [2.24, 2.45) is 5.73 Å². The SMILES string of the molecule is C[C@](N)(C[C@@H](O)CNC(=O)OCc1ccccc1)C(=O)NOC(=O)CCc1cc(-c2ccc(OCc3ccccc3)c(C[C@H](NC(=O)OCc3ccccc3)C(=O)Oc3c(F)c(F)c(F)c(F)c3F)c2)ccc1OCc1ccccc1. The van der Waals surface area contributed by atoms with Gasteiger partial charge in [-0.2, -0.15) is 14.3 Å². The van der Waals surface area contributed by atoms with Crippen molar-refractivity contribution in [3.05, 3.63) is 220 Å². The highest BCUT2D eigenvalue weighted by molar-refractivity contribution is 5.86. The number of halogens is 5. The molecule has 3 amide bonds. The number of aliphatic hydroxyl groups excluding tert-OH is 1. The number of esters is 1. The Hall–Kier alpha value is -9.34. The number of aryl methyl sites for hydroxylation is 1. The Morgan fingerprint density at radius 3 is 1.53 bits per heavy atom. The zero-order chi connectivity index (χ0) is 57.9. The molecule has 16 nitrogen and oxygen atoms in total. The van der Waals surface area contributed by atoms with E-state index in [4.69, 9.17) is 34.3 Å². The van der Waals surface area contributed by atoms with Crippen LogP contribution in [0.3, 0.4) is 0 Å². The van der Waals surface area contributed by atoms with E-state index in [0.717, 1.165) is 16.7 Å². The summed E-state index contributed by atoms with van der Waals surface area (Å²) in [5.41, 5.74) is 10.9. The normalized spacial score (nSPS) is 12.4. The maximum absolute atomic E-state index is 14.9. The number of carbonyl (C=O) groups is 5. The third-order valence-corrected chi connectivity index (χ3v) is 12.2. The van der Waals surface area contributed by atoms with Gasteiger partial charge in [-0.15, -0.1) is 0 Å². The lowest BCUT2D eigenvalue weighted by Crippen LogP contribution is -2.54. The number of benzene rings is 7. The maximum Gasteiger partial charge on any atom is 0.408 e. The summed E-state index contributed by atoms with van der Waals surface area (Å²) in [4.78, 5) is 70.9. The van der Waals surface area contributed by atoms with Crippen molar-refractivity contribution in [3.63, 3.8) is 0 Å². The third kappa shape index (κ3) is 17.3. The Kier molecular flexibility index (Phi) is 20.9. The van der Waals surface area contributed by atoms with Crippen molar-refractivity contribution < 1.29 is 79.6 Å². The fourth-order valence-corrected chi connectivity index (χ4v) is 7.93. The van der Waals surface area contributed by atoms with Crippen molar-refractivity contribution in [1.82, 2.24) is 16.1 Å². The number of alkyl carbamates (subject to hydrolysis) is 2. The lowest BCUT2D eigenvalue weighted by molar-refractivity contribution is -0.160. The van der Waals surface area contributed by atoms with Crippen molar-refractivity contribution >= 4 is 30.0 Å². The van der Waals surface area contributed by atoms with Crippen LogP contribution in [0.15, 0.2) is 158 Å². The first kappa shape index (κ1) is 59.3. The summed E-state index contributed by atoms with van der Waals surface area (Å²) < 4.78 is 100. The Morgan fingerprint density at radius 1 is 0.580 bits per heavy atom. The van der Waals surface area contributed by atoms with Gasteiger partial charge in [-0.25, -0.2) is 32.3 Å². The van der Waals surface area contributed by atoms with E-state index in [2.05, 4.69) is 10.6 Å². The number of hydroxylamine groups is 1. The first-order valence-electron chi connectivity index (χ1n) is 25.2. The molecule has 7 rings (SSSR count). The standard InChI is InChI=1S/C60H55F5N4O12/c1-60(66,31-45(70)32-67-58(74)78-35-39-18-10-4-11-19-39)57(73)69-81-49(71)27-24-43-28-41(22-25-47(43)76-33-37-14-6-2-7-15-37)42-23-26-48(77-34-38-16-8-3-9-17-38)44(29-42)30-46(68-59(75)79-36-40-20-12-5-13-21-40)56(72)80-55-53(64)51(62)50(61)52(63)54(55)65/h2-23,25-26,28-29,45-46,70H,24,27,30-36,66H2,1H3,(H,67,74)(H,68,75)(H,69,73)/t45-,46+,60+/m1/s1. The molecule has 7 aromatic carbocycles. The van der Waals surface area contributed by atoms with Crippen molar-refractivity contribution in [1.29, 1.82) is 0 Å². The molecule has 422 valence electrons. The second-order valence-electron chi connectivity index (χ2n) is 18.6. The minimum Gasteiger partial charge on any atom is -0.489 e. The summed E-state index contributed by atoms with van der Waals surface area (Å²) >= 11 is 0. The fraction of sp³-hybridized carbons (Fsp3) is 0.217. The summed E-state index contributed by atoms with van der Waals surface area (Å²) in [5, 5.41) is 15.3. The molecule has 81 heavy (non-hydrogen) atoms. The molecule has 0 aliphatic carbocycles. The van der Waals surface area contributed by atoms with Crippen LogP contribution < -0.4 is 36.1 Å². The molecule has 0 aliphatic heterocycles. The van der Waals surface area contributed by atoms with E-state index in [0.29, 0.717) is 28.0 Å². The Labute approximate surface area is 461 Å². The highest BCUT2D eigenvalue weighted by atomic mass is 19.2. The average Bonchev–Trinajstić information content (AvgIpc) is 3.54. The minimum absolute atomic E-state index is 0.00556. The number of hydrogen-bond acceptors (Lipinski definition) is 13. The second kappa shape index (κ2) is 28.5. The largest absolute Gasteiger partial charge is 0.489 e. The number of rotatable bonds is 24. The lowest BCUT2D eigenvalue weighted by Gasteiger charge is -2.25. The maximum atomic E-state index is 14.9. The van der Waals surface area contributed by atoms with E-state index < -0.39 is 89.0 Å². The minimum atomic E-state index is -2.49. The summed E-state index contributed by atoms with van der Waals surface area (Å²) in [6.07, 6.45) is -4.58. The summed E-state index contributed by atoms with van der Waals surface area (Å²) in [7, 11) is 0. The van der Waals surface area contributed by atoms with Crippen LogP contribution in [0.2, 0.25) is 0 Å². The highest BCUT2D eigenvalue weighted by Gasteiger charge is 2.34. The van der Waals surface area contributed by atoms with E-state index in [9.17, 15) is 51.0 Å². The van der Waals surface area contributed by atoms with Crippen LogP contribution in [0.4, 0.5) is 31.5 Å². The Balaban J connectivity index is 1.11. The molecule has 0 spiro atoms. The molecule has 0 saturated heterocycles. The van der Waals surface area contributed by atoms with E-state index in [1.165, 1.54) is 6.92 Å². The number of hydrogen-bond donors (Lipinski definition) is 5. The molecule has 0 bridgehead atoms. The van der Waals surface area contributed by atoms with Gasteiger partial charge < -0.3 is 50.0 Å². The van der Waals surface area contributed by atoms with Gasteiger partial charge in [-0.1, -0.05) is 133 Å². The van der Waals surface area contributed by atoms with Crippen LogP contribution in [0.5, 0.6) is 17.2 Å². The van der Waals surface area contributed by atoms with E-state index >= 15 is 0 Å². The molecule has 0 aliphatic rings. The van der Waals surface area contributed by atoms with Gasteiger partial charge in [0, 0.05) is 19.4 Å². The second-order valence-corrected chi connectivity index (χ2v) is 18.6. The van der Waals surface area contributed by atoms with Gasteiger partial charge >= 0.3 is 24.1 Å². The van der Waals surface area contributed by atoms with Gasteiger partial charge in [0.05, 0.1) is 18.1 Å². The molecular weight excluding hydrogens is 1060 g/mol. The van der Waals surface area contributed by atoms with Gasteiger partial charge in [-0.05, 0) is 82.1 Å². The van der Waals surface area contributed by atoms with Crippen LogP contribution in [0.25, 0.3) is 11.1 Å². The zero-order valence-electron chi connectivity index (χ0n) is 43.4. The van der Waals surface area contributed by atoms with Gasteiger partial charge in [0.15, 0.2) is 0 Å². The van der Waals surface area contributed by atoms with Crippen LogP contribution in [0.1, 0.15) is 53.1 Å². The fourth-order valence-electron chi connectivity index (χ4n) is 7.93. The van der Waals surface area contributed by atoms with E-state index in [1.807, 2.05) is 41.9 Å². The number of aliphatic hydroxyl groups is 1. The summed E-state index contributed by atoms with van der Waals surface area (Å²) in [5.74, 6) is -17.0. The van der Waals surface area contributed by atoms with Gasteiger partial charge in [-0.3, -0.25) is 4.79 Å². The van der Waals surface area contributed by atoms with Crippen LogP contribution >= 0.6 is 0 Å². The first-order valence-corrected chi connectivity index (χ1v) is 25.2. The molecule has 0 radical (unpaired) electrons. The predicted molar refractivity (Wildman–Crippen MR) is 283 cm³/mol. The summed E-state index contributed by atoms with van der Waals surface area (Å²) in [6.45, 7) is 0.816. The van der Waals surface area contributed by atoms with Crippen molar-refractivity contribution in [2.45, 2.75) is 76.7 Å². The first-order chi connectivity index (χ1) is 38.9. The Bertz CT molecular complexity index is 3260. The number of amides is 3. The molecule has 0 saturated carbocycles. The molecule has 6 N–H and O–H groups in total. The smallest absolute Gasteiger partial charge is 0.408 e. The van der Waals surface area contributed by atoms with E-state index in [1.54, 1.807) is 121 Å². The summed E-state index contributed by atoms with van der Waals surface area (Å²) in [6, 6.07) is 43.3. The number of carbonyl (C=O) groups excluding carboxylic acids is 5. The van der Waals surface area contributed by atoms with Gasteiger partial charge in [0.25, 0.3) is 5.91 Å². The van der Waals surface area contributed by atoms with Crippen LogP contribution in [0, 0.1) is 29.1 Å². The van der Waals surface area contributed by atoms with E-state index in [-0.39, 0.29) is 63.5 Å². The van der Waals surface area contributed by atoms with Gasteiger partial charge in [0.2, 0.25) is 34.8 Å². The monoisotopic (exact) mass is 1120 g/mol. The molecule has 0 fully saturated rings. The van der Waals surface area contributed by atoms with Crippen molar-refractivity contribution in [2.75, 3.05) is 6.54 Å². The Morgan fingerprint density at radius 2 is 1.02 bits per heavy atom. The number of nitrogens with two attached hydrogens (primary N) is 1. The average molecular weight is 1120 g/mol. The lowest BCUT2D eigenvalue weighted by atomic mass is 9.95. The predicted octanol–water partition coefficient (Wildman–Crippen LogP) is 9.55. The molecule has 0 aromatic heterocycles. The molecule has 0 heterocycles. The van der Waals surface area contributed by atoms with Crippen molar-refractivity contribution in [3.8, 4) is 28.4 Å². The quantitative estimate of drug-likeness (QED) is 0.00724. The molecular formula is C60H55F5N4O12. The highest BCUT2D eigenvalue weighted by Crippen LogP contribution is 2.34. The third-order valence-electron chi connectivity index (χ3n) is 12.2. The topological polar surface area (TPSA) is 223 Å². The van der Waals surface area contributed by atoms with Gasteiger partial charge in [0.1, 0.15) is 44.0 Å². The van der Waals surface area contributed by atoms with Crippen LogP contribution in [-0.4, -0.2) is 59.4 Å². The zero-order valence-corrected chi connectivity index (χ0v) is 43.4. The molecule has 3 atom stereocenters. The molecule has 0 unspecified atom stereocenters. The molecule has 7 aromatic rings.